The number of morpholine rings is 1. The van der Waals surface area contributed by atoms with Gasteiger partial charge in [-0.05, 0) is 25.8 Å². The topological polar surface area (TPSA) is 84.7 Å². The Bertz CT molecular complexity index is 323. The molecule has 0 saturated carbocycles. The first kappa shape index (κ1) is 21.1. The molecule has 0 bridgehead atoms. The van der Waals surface area contributed by atoms with Crippen molar-refractivity contribution < 1.29 is 14.3 Å². The van der Waals surface area contributed by atoms with Crippen molar-refractivity contribution in [3.05, 3.63) is 0 Å². The van der Waals surface area contributed by atoms with E-state index in [9.17, 15) is 9.59 Å². The minimum atomic E-state index is -0.403. The Hall–Kier alpha value is -0.850. The van der Waals surface area contributed by atoms with Crippen molar-refractivity contribution in [3.8, 4) is 0 Å². The fraction of sp³-hybridized carbons (Fsp3) is 0.867. The molecule has 1 aliphatic rings. The van der Waals surface area contributed by atoms with Crippen molar-refractivity contribution in [1.82, 2.24) is 10.2 Å². The van der Waals surface area contributed by atoms with Crippen LogP contribution in [-0.2, 0) is 14.3 Å². The Labute approximate surface area is 139 Å². The molecular formula is C15H30ClN3O3. The number of nitrogens with one attached hydrogen (secondary N) is 1. The maximum Gasteiger partial charge on any atom is 0.245 e. The molecule has 1 unspecified atom stereocenters. The molecule has 1 rings (SSSR count). The number of nitrogens with two attached hydrogens (primary N) is 1. The van der Waals surface area contributed by atoms with Gasteiger partial charge in [0.15, 0.2) is 0 Å². The van der Waals surface area contributed by atoms with E-state index < -0.39 is 6.04 Å². The third-order valence-corrected chi connectivity index (χ3v) is 3.72. The van der Waals surface area contributed by atoms with E-state index in [4.69, 9.17) is 10.5 Å². The lowest BCUT2D eigenvalue weighted by atomic mass is 10.1. The number of hydrogen-bond donors (Lipinski definition) is 2. The Kier molecular flexibility index (Phi) is 12.2. The quantitative estimate of drug-likeness (QED) is 0.617. The molecule has 0 aliphatic carbocycles. The molecule has 0 aromatic carbocycles. The molecule has 0 aromatic heterocycles. The van der Waals surface area contributed by atoms with Crippen LogP contribution in [0.3, 0.4) is 0 Å². The second kappa shape index (κ2) is 12.7. The summed E-state index contributed by atoms with van der Waals surface area (Å²) < 4.78 is 5.24. The smallest absolute Gasteiger partial charge is 0.245 e. The van der Waals surface area contributed by atoms with Crippen molar-refractivity contribution in [2.24, 2.45) is 5.73 Å². The number of unbranched alkanes of at least 4 members (excludes halogenated alkanes) is 3. The first-order chi connectivity index (χ1) is 10.2. The molecule has 0 spiro atoms. The van der Waals surface area contributed by atoms with Crippen LogP contribution in [0.15, 0.2) is 0 Å². The zero-order chi connectivity index (χ0) is 15.5. The molecule has 7 heteroatoms. The van der Waals surface area contributed by atoms with Gasteiger partial charge in [0, 0.05) is 19.5 Å². The molecule has 3 N–H and O–H groups in total. The highest BCUT2D eigenvalue weighted by molar-refractivity contribution is 5.87. The second-order valence-electron chi connectivity index (χ2n) is 5.42. The van der Waals surface area contributed by atoms with Crippen LogP contribution in [-0.4, -0.2) is 55.6 Å². The van der Waals surface area contributed by atoms with Gasteiger partial charge >= 0.3 is 0 Å². The van der Waals surface area contributed by atoms with E-state index in [-0.39, 0.29) is 24.2 Å². The van der Waals surface area contributed by atoms with Crippen LogP contribution in [0.25, 0.3) is 0 Å². The zero-order valence-corrected chi connectivity index (χ0v) is 14.3. The molecule has 0 aromatic rings. The molecular weight excluding hydrogens is 306 g/mol. The summed E-state index contributed by atoms with van der Waals surface area (Å²) in [4.78, 5) is 26.0. The molecule has 1 aliphatic heterocycles. The molecule has 1 saturated heterocycles. The molecule has 6 nitrogen and oxygen atoms in total. The van der Waals surface area contributed by atoms with Gasteiger partial charge in [-0.25, -0.2) is 0 Å². The third kappa shape index (κ3) is 7.96. The number of hydrogen-bond acceptors (Lipinski definition) is 4. The van der Waals surface area contributed by atoms with Gasteiger partial charge in [0.1, 0.15) is 6.04 Å². The Morgan fingerprint density at radius 3 is 2.41 bits per heavy atom. The van der Waals surface area contributed by atoms with Crippen LogP contribution >= 0.6 is 12.4 Å². The summed E-state index contributed by atoms with van der Waals surface area (Å²) in [7, 11) is 0. The maximum absolute atomic E-state index is 12.3. The number of ether oxygens (including phenoxy) is 1. The van der Waals surface area contributed by atoms with Crippen molar-refractivity contribution in [2.75, 3.05) is 32.8 Å². The van der Waals surface area contributed by atoms with Gasteiger partial charge in [-0.1, -0.05) is 19.8 Å². The summed E-state index contributed by atoms with van der Waals surface area (Å²) in [6.45, 7) is 5.02. The monoisotopic (exact) mass is 335 g/mol. The SMILES string of the molecule is CCC(NC(=O)CCCCCCN)C(=O)N1CCOCC1.Cl. The fourth-order valence-corrected chi connectivity index (χ4v) is 2.39. The largest absolute Gasteiger partial charge is 0.378 e. The minimum Gasteiger partial charge on any atom is -0.378 e. The van der Waals surface area contributed by atoms with E-state index in [1.54, 1.807) is 4.90 Å². The zero-order valence-electron chi connectivity index (χ0n) is 13.5. The lowest BCUT2D eigenvalue weighted by Crippen LogP contribution is -2.51. The van der Waals surface area contributed by atoms with Gasteiger partial charge in [0.25, 0.3) is 0 Å². The Morgan fingerprint density at radius 1 is 1.18 bits per heavy atom. The predicted molar refractivity (Wildman–Crippen MR) is 89.0 cm³/mol. The van der Waals surface area contributed by atoms with Gasteiger partial charge in [0.2, 0.25) is 11.8 Å². The van der Waals surface area contributed by atoms with E-state index in [0.29, 0.717) is 45.7 Å². The number of carbonyl (C=O) groups excluding carboxylic acids is 2. The first-order valence-electron chi connectivity index (χ1n) is 8.05. The average molecular weight is 336 g/mol. The van der Waals surface area contributed by atoms with Crippen molar-refractivity contribution in [1.29, 1.82) is 0 Å². The highest BCUT2D eigenvalue weighted by atomic mass is 35.5. The van der Waals surface area contributed by atoms with Crippen LogP contribution in [0.5, 0.6) is 0 Å². The van der Waals surface area contributed by atoms with E-state index in [2.05, 4.69) is 5.32 Å². The normalized spacial score (nSPS) is 15.8. The van der Waals surface area contributed by atoms with Gasteiger partial charge in [-0.3, -0.25) is 9.59 Å². The Balaban J connectivity index is 0.00000441. The number of amides is 2. The molecule has 1 atom stereocenters. The lowest BCUT2D eigenvalue weighted by Gasteiger charge is -2.30. The molecule has 1 fully saturated rings. The van der Waals surface area contributed by atoms with Crippen LogP contribution in [0, 0.1) is 0 Å². The lowest BCUT2D eigenvalue weighted by molar-refractivity contribution is -0.140. The summed E-state index contributed by atoms with van der Waals surface area (Å²) in [5, 5.41) is 2.86. The van der Waals surface area contributed by atoms with E-state index in [1.165, 1.54) is 0 Å². The van der Waals surface area contributed by atoms with E-state index in [1.807, 2.05) is 6.92 Å². The standard InChI is InChI=1S/C15H29N3O3.ClH/c1-2-13(15(20)18-9-11-21-12-10-18)17-14(19)7-5-3-4-6-8-16;/h13H,2-12,16H2,1H3,(H,17,19);1H. The summed E-state index contributed by atoms with van der Waals surface area (Å²) in [6.07, 6.45) is 5.04. The number of nitrogens with zero attached hydrogens (tertiary/aromatic N) is 1. The highest BCUT2D eigenvalue weighted by Gasteiger charge is 2.25. The third-order valence-electron chi connectivity index (χ3n) is 3.72. The molecule has 0 radical (unpaired) electrons. The summed E-state index contributed by atoms with van der Waals surface area (Å²) in [5.74, 6) is -0.0199. The van der Waals surface area contributed by atoms with Crippen LogP contribution < -0.4 is 11.1 Å². The molecule has 22 heavy (non-hydrogen) atoms. The van der Waals surface area contributed by atoms with E-state index in [0.717, 1.165) is 25.7 Å². The summed E-state index contributed by atoms with van der Waals surface area (Å²) in [6, 6.07) is -0.403. The van der Waals surface area contributed by atoms with Gasteiger partial charge in [-0.15, -0.1) is 12.4 Å². The highest BCUT2D eigenvalue weighted by Crippen LogP contribution is 2.06. The second-order valence-corrected chi connectivity index (χ2v) is 5.42. The van der Waals surface area contributed by atoms with Crippen LogP contribution in [0.1, 0.15) is 45.4 Å². The number of halogens is 1. The van der Waals surface area contributed by atoms with Crippen LogP contribution in [0.4, 0.5) is 0 Å². The minimum absolute atomic E-state index is 0. The predicted octanol–water partition coefficient (Wildman–Crippen LogP) is 1.07. The molecule has 2 amide bonds. The van der Waals surface area contributed by atoms with Gasteiger partial charge < -0.3 is 20.7 Å². The molecule has 1 heterocycles. The Morgan fingerprint density at radius 2 is 1.82 bits per heavy atom. The summed E-state index contributed by atoms with van der Waals surface area (Å²) >= 11 is 0. The van der Waals surface area contributed by atoms with Crippen LogP contribution in [0.2, 0.25) is 0 Å². The maximum atomic E-state index is 12.3. The average Bonchev–Trinajstić information content (AvgIpc) is 2.52. The number of rotatable bonds is 9. The van der Waals surface area contributed by atoms with Gasteiger partial charge in [-0.2, -0.15) is 0 Å². The van der Waals surface area contributed by atoms with Crippen molar-refractivity contribution in [2.45, 2.75) is 51.5 Å². The summed E-state index contributed by atoms with van der Waals surface area (Å²) in [5.41, 5.74) is 5.43. The fourth-order valence-electron chi connectivity index (χ4n) is 2.39. The van der Waals surface area contributed by atoms with Gasteiger partial charge in [0.05, 0.1) is 13.2 Å². The van der Waals surface area contributed by atoms with Crippen molar-refractivity contribution >= 4 is 24.2 Å². The first-order valence-corrected chi connectivity index (χ1v) is 8.05. The number of carbonyl (C=O) groups is 2. The molecule has 130 valence electrons. The van der Waals surface area contributed by atoms with Crippen molar-refractivity contribution in [3.63, 3.8) is 0 Å². The van der Waals surface area contributed by atoms with E-state index >= 15 is 0 Å².